The van der Waals surface area contributed by atoms with Crippen molar-refractivity contribution in [3.63, 3.8) is 0 Å². The average Bonchev–Trinajstić information content (AvgIpc) is 0.810. The van der Waals surface area contributed by atoms with Gasteiger partial charge in [0.1, 0.15) is 42.0 Å². The fourth-order valence-electron chi connectivity index (χ4n) is 11.6. The van der Waals surface area contributed by atoms with Gasteiger partial charge in [-0.25, -0.2) is 9.59 Å². The van der Waals surface area contributed by atoms with Crippen molar-refractivity contribution in [2.45, 2.75) is 193 Å². The highest BCUT2D eigenvalue weighted by Gasteiger charge is 2.53. The zero-order valence-electron chi connectivity index (χ0n) is 54.9. The summed E-state index contributed by atoms with van der Waals surface area (Å²) in [7, 11) is 3.06. The average molecular weight is 1280 g/mol. The van der Waals surface area contributed by atoms with E-state index in [2.05, 4.69) is 5.32 Å². The summed E-state index contributed by atoms with van der Waals surface area (Å²) in [5.74, 6) is -9.12. The molecule has 1 saturated carbocycles. The predicted molar refractivity (Wildman–Crippen MR) is 332 cm³/mol. The minimum Gasteiger partial charge on any atom is -0.459 e. The number of cyclic esters (lactones) is 1. The van der Waals surface area contributed by atoms with Crippen LogP contribution in [0.25, 0.3) is 0 Å². The first-order valence-corrected chi connectivity index (χ1v) is 32.3. The Labute approximate surface area is 532 Å². The lowest BCUT2D eigenvalue weighted by Gasteiger charge is -2.42. The Morgan fingerprint density at radius 3 is 1.97 bits per heavy atom. The van der Waals surface area contributed by atoms with Gasteiger partial charge in [0.05, 0.1) is 97.6 Å². The Morgan fingerprint density at radius 1 is 0.733 bits per heavy atom. The molecule has 2 amide bonds. The molecule has 512 valence electrons. The van der Waals surface area contributed by atoms with E-state index in [0.717, 1.165) is 10.5 Å². The molecule has 3 fully saturated rings. The molecule has 0 radical (unpaired) electrons. The zero-order chi connectivity index (χ0) is 66.2. The van der Waals surface area contributed by atoms with E-state index in [-0.39, 0.29) is 62.2 Å². The van der Waals surface area contributed by atoms with E-state index in [9.17, 15) is 48.9 Å². The van der Waals surface area contributed by atoms with Gasteiger partial charge in [-0.15, -0.1) is 0 Å². The third-order valence-corrected chi connectivity index (χ3v) is 17.2. The number of carbonyl (C=O) groups excluding carboxylic acids is 7. The molecule has 15 atom stereocenters. The number of aliphatic hydroxyl groups excluding tert-OH is 2. The van der Waals surface area contributed by atoms with Gasteiger partial charge in [-0.05, 0) is 108 Å². The Bertz CT molecular complexity index is 2350. The maximum Gasteiger partial charge on any atom is 0.407 e. The highest BCUT2D eigenvalue weighted by atomic mass is 16.6. The maximum atomic E-state index is 14.6. The first-order chi connectivity index (χ1) is 43.0. The number of carbonyl (C=O) groups is 7. The summed E-state index contributed by atoms with van der Waals surface area (Å²) >= 11 is 0. The monoisotopic (exact) mass is 1280 g/mol. The summed E-state index contributed by atoms with van der Waals surface area (Å²) in [6, 6.07) is -2.22. The number of hydrogen-bond donors (Lipinski definition) is 5. The smallest absolute Gasteiger partial charge is 0.407 e. The zero-order valence-corrected chi connectivity index (χ0v) is 54.9. The number of nitrogens with zero attached hydrogens (tertiary/aromatic N) is 1. The summed E-state index contributed by atoms with van der Waals surface area (Å²) < 4.78 is 62.7. The lowest BCUT2D eigenvalue weighted by atomic mass is 9.80. The molecule has 90 heavy (non-hydrogen) atoms. The normalized spacial score (nSPS) is 32.3. The second-order valence-electron chi connectivity index (χ2n) is 24.5. The minimum absolute atomic E-state index is 0.00580. The second kappa shape index (κ2) is 41.8. The number of rotatable bonds is 27. The number of nitrogens with one attached hydrogen (secondary N) is 1. The van der Waals surface area contributed by atoms with Gasteiger partial charge in [-0.2, -0.15) is 0 Å². The molecule has 1 aliphatic carbocycles. The number of ether oxygens (including phenoxy) is 11. The number of ketones is 4. The van der Waals surface area contributed by atoms with Crippen LogP contribution in [0.1, 0.15) is 132 Å². The molecule has 24 heteroatoms. The number of fused-ring (bicyclic) bond motifs is 3. The van der Waals surface area contributed by atoms with E-state index >= 15 is 0 Å². The molecule has 4 rings (SSSR count). The quantitative estimate of drug-likeness (QED) is 0.0312. The Morgan fingerprint density at radius 2 is 1.36 bits per heavy atom. The van der Waals surface area contributed by atoms with Gasteiger partial charge in [-0.1, -0.05) is 64.2 Å². The van der Waals surface area contributed by atoms with E-state index in [1.807, 2.05) is 44.2 Å². The minimum atomic E-state index is -2.50. The number of piperidine rings is 1. The lowest BCUT2D eigenvalue weighted by Crippen LogP contribution is -2.61. The third kappa shape index (κ3) is 26.7. The number of methoxy groups -OCH3 is 2. The van der Waals surface area contributed by atoms with Crippen LogP contribution in [-0.2, 0) is 80.9 Å². The summed E-state index contributed by atoms with van der Waals surface area (Å²) in [6.07, 6.45) is 7.38. The Balaban J connectivity index is 1.37. The number of esters is 1. The van der Waals surface area contributed by atoms with Crippen molar-refractivity contribution < 1.29 is 101 Å². The Hall–Kier alpha value is -4.67. The maximum absolute atomic E-state index is 14.6. The van der Waals surface area contributed by atoms with E-state index < -0.39 is 120 Å². The number of amides is 2. The van der Waals surface area contributed by atoms with Gasteiger partial charge in [0.2, 0.25) is 5.79 Å². The predicted octanol–water partition coefficient (Wildman–Crippen LogP) is 5.03. The van der Waals surface area contributed by atoms with E-state index in [1.165, 1.54) is 27.0 Å². The molecule has 6 N–H and O–H groups in total. The Kier molecular flexibility index (Phi) is 36.1. The molecule has 2 saturated heterocycles. The van der Waals surface area contributed by atoms with Crippen LogP contribution < -0.4 is 11.1 Å². The number of Topliss-reactive ketones (excluding diaryl/α,β-unsaturated/α-hetero) is 4. The second-order valence-corrected chi connectivity index (χ2v) is 24.5. The first-order valence-electron chi connectivity index (χ1n) is 32.3. The van der Waals surface area contributed by atoms with Gasteiger partial charge < -0.3 is 83.4 Å². The topological polar surface area (TPSA) is 323 Å². The molecule has 0 aromatic carbocycles. The molecule has 4 aliphatic rings. The van der Waals surface area contributed by atoms with E-state index in [1.54, 1.807) is 27.9 Å². The van der Waals surface area contributed by atoms with Crippen molar-refractivity contribution in [3.8, 4) is 0 Å². The summed E-state index contributed by atoms with van der Waals surface area (Å²) in [4.78, 5) is 96.0. The molecule has 3 aliphatic heterocycles. The van der Waals surface area contributed by atoms with Crippen molar-refractivity contribution in [2.75, 3.05) is 107 Å². The highest BCUT2D eigenvalue weighted by molar-refractivity contribution is 6.39. The van der Waals surface area contributed by atoms with Gasteiger partial charge >= 0.3 is 12.1 Å². The number of hydrogen-bond acceptors (Lipinski definition) is 22. The third-order valence-electron chi connectivity index (χ3n) is 17.2. The standard InChI is InChI=1S/C66H107N3O21/c1-43-15-11-10-12-16-44(2)56(80-8)41-51-20-18-48(6)66(79,90-51)62(75)63(76)69-24-14-13-17-53(69)64(77)88-57(42-54(71)45(3)38-47(5)60(73)61(74)59(72)46(4)37-43)52(67)39-50-19-21-55(58(40-50)81-9)89-65(78)68-23-26-83-28-30-85-32-34-87-36-35-86-33-31-84-29-27-82-25-22-49(7)70/h10-12,15-16,38,43,45-46,48,50-53,55-58,60-61,73-74,79H,13-14,17-37,39-42,67H2,1-9H3,(H,68,78)/b12-10+,15-11+,44-16+,47-38+/t43-,45-,46?,48-,50+,51+,52-,53+,55-,56+,57+,58-,60-,61+,66-/m1/s1. The molecular weight excluding hydrogens is 1170 g/mol. The highest BCUT2D eigenvalue weighted by Crippen LogP contribution is 2.37. The van der Waals surface area contributed by atoms with Crippen LogP contribution in [-0.4, -0.2) is 229 Å². The lowest BCUT2D eigenvalue weighted by molar-refractivity contribution is -0.265. The molecular formula is C66H107N3O21. The van der Waals surface area contributed by atoms with Gasteiger partial charge in [0, 0.05) is 70.4 Å². The van der Waals surface area contributed by atoms with E-state index in [4.69, 9.17) is 57.8 Å². The van der Waals surface area contributed by atoms with Crippen molar-refractivity contribution in [3.05, 3.63) is 47.6 Å². The summed E-state index contributed by atoms with van der Waals surface area (Å²) in [5, 5.41) is 37.1. The van der Waals surface area contributed by atoms with Crippen LogP contribution in [0.4, 0.5) is 4.79 Å². The van der Waals surface area contributed by atoms with Crippen molar-refractivity contribution in [1.29, 1.82) is 0 Å². The summed E-state index contributed by atoms with van der Waals surface area (Å²) in [5.41, 5.74) is 7.99. The molecule has 0 aromatic heterocycles. The number of nitrogens with two attached hydrogens (primary N) is 1. The van der Waals surface area contributed by atoms with Gasteiger partial charge in [-0.3, -0.25) is 24.0 Å². The van der Waals surface area contributed by atoms with Crippen LogP contribution in [0.15, 0.2) is 47.6 Å². The van der Waals surface area contributed by atoms with Crippen LogP contribution >= 0.6 is 0 Å². The van der Waals surface area contributed by atoms with Crippen LogP contribution in [0.5, 0.6) is 0 Å². The molecule has 1 unspecified atom stereocenters. The molecule has 2 bridgehead atoms. The number of aliphatic hydroxyl groups is 3. The number of alkyl carbamates (subject to hydrolysis) is 1. The van der Waals surface area contributed by atoms with Crippen molar-refractivity contribution in [2.24, 2.45) is 35.3 Å². The number of allylic oxidation sites excluding steroid dienone is 6. The van der Waals surface area contributed by atoms with Crippen molar-refractivity contribution >= 4 is 41.1 Å². The summed E-state index contributed by atoms with van der Waals surface area (Å²) in [6.45, 7) is 16.5. The fraction of sp³-hybridized carbons (Fsp3) is 0.773. The van der Waals surface area contributed by atoms with Crippen LogP contribution in [0.2, 0.25) is 0 Å². The molecule has 0 spiro atoms. The largest absolute Gasteiger partial charge is 0.459 e. The van der Waals surface area contributed by atoms with Gasteiger partial charge in [0.15, 0.2) is 5.78 Å². The SMILES string of the molecule is CO[C@H]1C[C@@H]2CC[C@@H](C)[C@@](O)(O2)C(=O)C(=O)N2CCCC[C@H]2C(=O)O[C@H]([C@H](N)C[C@@H]2CC[C@@H](OC(=O)NCCOCCOCCOCCOCCOCCOCCC(C)=O)[C@H](OC)C2)CC(=O)[C@H](C)/C=C(\C)[C@@H](O)[C@@H](O)C(=O)C(C)C[C@H](C)/C=C/C=C/C=C/1C. The van der Waals surface area contributed by atoms with Crippen LogP contribution in [0, 0.1) is 29.6 Å². The van der Waals surface area contributed by atoms with Crippen LogP contribution in [0.3, 0.4) is 0 Å². The molecule has 0 aromatic rings. The van der Waals surface area contributed by atoms with Gasteiger partial charge in [0.25, 0.3) is 11.7 Å². The molecule has 3 heterocycles. The molecule has 24 nitrogen and oxygen atoms in total. The first kappa shape index (κ1) is 77.8. The van der Waals surface area contributed by atoms with E-state index in [0.29, 0.717) is 130 Å². The van der Waals surface area contributed by atoms with Crippen molar-refractivity contribution in [1.82, 2.24) is 10.2 Å². The fourth-order valence-corrected chi connectivity index (χ4v) is 11.6.